The van der Waals surface area contributed by atoms with Crippen molar-refractivity contribution in [2.24, 2.45) is 5.11 Å². The molecule has 2 aliphatic rings. The monoisotopic (exact) mass is 681 g/mol. The Bertz CT molecular complexity index is 1430. The van der Waals surface area contributed by atoms with Crippen LogP contribution in [-0.2, 0) is 19.1 Å². The summed E-state index contributed by atoms with van der Waals surface area (Å²) in [5.41, 5.74) is 9.17. The number of carbonyl (C=O) groups excluding carboxylic acids is 4. The SMILES string of the molecule is CC(=O)NC[C@H]1CN(c2ccc(N3CCN(C(=O)COC(=O)c4cc(I)c(N=[N+]=[N-])cc4O)CC3)c(F)c2)C(=O)O1. The maximum absolute atomic E-state index is 15.1. The molecule has 0 spiro atoms. The second-order valence-electron chi connectivity index (χ2n) is 9.14. The number of phenols is 1. The number of amides is 3. The van der Waals surface area contributed by atoms with Gasteiger partial charge in [0.15, 0.2) is 6.61 Å². The number of carbonyl (C=O) groups is 4. The number of phenolic OH excluding ortho intramolecular Hbond substituents is 1. The summed E-state index contributed by atoms with van der Waals surface area (Å²) >= 11 is 1.84. The van der Waals surface area contributed by atoms with E-state index in [0.29, 0.717) is 28.0 Å². The maximum atomic E-state index is 15.1. The molecule has 4 rings (SSSR count). The van der Waals surface area contributed by atoms with Crippen LogP contribution in [0, 0.1) is 9.39 Å². The van der Waals surface area contributed by atoms with E-state index in [1.807, 2.05) is 22.6 Å². The average Bonchev–Trinajstić information content (AvgIpc) is 3.32. The lowest BCUT2D eigenvalue weighted by Gasteiger charge is -2.36. The Morgan fingerprint density at radius 3 is 2.63 bits per heavy atom. The van der Waals surface area contributed by atoms with Crippen LogP contribution in [0.1, 0.15) is 17.3 Å². The van der Waals surface area contributed by atoms with E-state index >= 15 is 4.39 Å². The van der Waals surface area contributed by atoms with Crippen molar-refractivity contribution in [3.63, 3.8) is 0 Å². The number of esters is 1. The Labute approximate surface area is 246 Å². The Kier molecular flexibility index (Phi) is 9.34. The van der Waals surface area contributed by atoms with Crippen LogP contribution >= 0.6 is 22.6 Å². The van der Waals surface area contributed by atoms with Crippen molar-refractivity contribution < 1.29 is 38.1 Å². The van der Waals surface area contributed by atoms with Crippen molar-refractivity contribution >= 4 is 63.5 Å². The number of ether oxygens (including phenoxy) is 2. The van der Waals surface area contributed by atoms with E-state index < -0.39 is 42.2 Å². The predicted molar refractivity (Wildman–Crippen MR) is 151 cm³/mol. The quantitative estimate of drug-likeness (QED) is 0.140. The van der Waals surface area contributed by atoms with Gasteiger partial charge in [-0.2, -0.15) is 0 Å². The van der Waals surface area contributed by atoms with Gasteiger partial charge in [0, 0.05) is 41.6 Å². The fraction of sp³-hybridized carbons (Fsp3) is 0.360. The number of halogens is 2. The highest BCUT2D eigenvalue weighted by molar-refractivity contribution is 14.1. The number of nitrogens with zero attached hydrogens (tertiary/aromatic N) is 6. The highest BCUT2D eigenvalue weighted by Crippen LogP contribution is 2.31. The van der Waals surface area contributed by atoms with Crippen molar-refractivity contribution in [1.29, 1.82) is 0 Å². The molecule has 14 nitrogen and oxygen atoms in total. The van der Waals surface area contributed by atoms with Crippen molar-refractivity contribution in [2.45, 2.75) is 13.0 Å². The Balaban J connectivity index is 1.29. The van der Waals surface area contributed by atoms with Crippen LogP contribution in [0.5, 0.6) is 5.75 Å². The zero-order chi connectivity index (χ0) is 29.7. The number of rotatable bonds is 8. The van der Waals surface area contributed by atoms with Gasteiger partial charge in [-0.25, -0.2) is 14.0 Å². The number of cyclic esters (lactones) is 1. The highest BCUT2D eigenvalue weighted by Gasteiger charge is 2.33. The molecule has 16 heteroatoms. The molecule has 2 aromatic rings. The molecular weight excluding hydrogens is 656 g/mol. The molecule has 0 saturated carbocycles. The second-order valence-corrected chi connectivity index (χ2v) is 10.3. The number of azide groups is 1. The third-order valence-electron chi connectivity index (χ3n) is 6.43. The number of hydrogen-bond donors (Lipinski definition) is 2. The van der Waals surface area contributed by atoms with Crippen molar-refractivity contribution in [3.05, 3.63) is 55.7 Å². The average molecular weight is 681 g/mol. The van der Waals surface area contributed by atoms with Crippen LogP contribution in [0.25, 0.3) is 10.4 Å². The molecule has 2 saturated heterocycles. The van der Waals surface area contributed by atoms with E-state index in [0.717, 1.165) is 6.07 Å². The molecule has 0 aromatic heterocycles. The van der Waals surface area contributed by atoms with Gasteiger partial charge in [-0.15, -0.1) is 0 Å². The van der Waals surface area contributed by atoms with Crippen LogP contribution in [0.2, 0.25) is 0 Å². The van der Waals surface area contributed by atoms with Gasteiger partial charge >= 0.3 is 12.1 Å². The first-order valence-electron chi connectivity index (χ1n) is 12.4. The lowest BCUT2D eigenvalue weighted by atomic mass is 10.2. The van der Waals surface area contributed by atoms with Crippen LogP contribution < -0.4 is 15.1 Å². The molecular formula is C25H25FIN7O7. The molecule has 41 heavy (non-hydrogen) atoms. The Morgan fingerprint density at radius 1 is 1.24 bits per heavy atom. The van der Waals surface area contributed by atoms with E-state index in [1.54, 1.807) is 17.0 Å². The second kappa shape index (κ2) is 12.9. The summed E-state index contributed by atoms with van der Waals surface area (Å²) in [4.78, 5) is 55.6. The molecule has 0 radical (unpaired) electrons. The summed E-state index contributed by atoms with van der Waals surface area (Å²) in [6.45, 7) is 2.29. The number of benzene rings is 2. The van der Waals surface area contributed by atoms with Crippen LogP contribution in [-0.4, -0.2) is 85.9 Å². The van der Waals surface area contributed by atoms with E-state index in [4.69, 9.17) is 15.0 Å². The fourth-order valence-corrected chi connectivity index (χ4v) is 4.92. The van der Waals surface area contributed by atoms with Gasteiger partial charge in [0.2, 0.25) is 5.91 Å². The van der Waals surface area contributed by atoms with Crippen LogP contribution in [0.3, 0.4) is 0 Å². The largest absolute Gasteiger partial charge is 0.507 e. The van der Waals surface area contributed by atoms with Gasteiger partial charge in [-0.05, 0) is 58.5 Å². The summed E-state index contributed by atoms with van der Waals surface area (Å²) in [7, 11) is 0. The minimum absolute atomic E-state index is 0.146. The fourth-order valence-electron chi connectivity index (χ4n) is 4.35. The van der Waals surface area contributed by atoms with Gasteiger partial charge < -0.3 is 29.7 Å². The normalized spacial score (nSPS) is 16.6. The minimum Gasteiger partial charge on any atom is -0.507 e. The van der Waals surface area contributed by atoms with Gasteiger partial charge in [0.05, 0.1) is 30.2 Å². The molecule has 2 fully saturated rings. The van der Waals surface area contributed by atoms with E-state index in [-0.39, 0.29) is 43.3 Å². The molecule has 216 valence electrons. The summed E-state index contributed by atoms with van der Waals surface area (Å²) in [6.07, 6.45) is -1.17. The Morgan fingerprint density at radius 2 is 1.98 bits per heavy atom. The molecule has 0 bridgehead atoms. The van der Waals surface area contributed by atoms with Gasteiger partial charge in [-0.3, -0.25) is 14.5 Å². The summed E-state index contributed by atoms with van der Waals surface area (Å²) in [5.74, 6) is -2.60. The lowest BCUT2D eigenvalue weighted by molar-refractivity contribution is -0.134. The smallest absolute Gasteiger partial charge is 0.414 e. The molecule has 0 unspecified atom stereocenters. The number of anilines is 2. The van der Waals surface area contributed by atoms with Crippen molar-refractivity contribution in [2.75, 3.05) is 55.7 Å². The zero-order valence-electron chi connectivity index (χ0n) is 21.7. The molecule has 2 aliphatic heterocycles. The van der Waals surface area contributed by atoms with Gasteiger partial charge in [0.1, 0.15) is 23.2 Å². The summed E-state index contributed by atoms with van der Waals surface area (Å²) in [6, 6.07) is 6.82. The molecule has 2 heterocycles. The van der Waals surface area contributed by atoms with E-state index in [1.165, 1.54) is 28.9 Å². The third-order valence-corrected chi connectivity index (χ3v) is 7.30. The van der Waals surface area contributed by atoms with Gasteiger partial charge in [-0.1, -0.05) is 5.11 Å². The molecule has 1 atom stereocenters. The molecule has 2 N–H and O–H groups in total. The first-order valence-corrected chi connectivity index (χ1v) is 13.4. The highest BCUT2D eigenvalue weighted by atomic mass is 127. The first kappa shape index (κ1) is 29.7. The topological polar surface area (TPSA) is 177 Å². The van der Waals surface area contributed by atoms with Crippen LogP contribution in [0.15, 0.2) is 35.4 Å². The molecule has 2 aromatic carbocycles. The predicted octanol–water partition coefficient (Wildman–Crippen LogP) is 3.04. The number of piperazine rings is 1. The zero-order valence-corrected chi connectivity index (χ0v) is 23.9. The summed E-state index contributed by atoms with van der Waals surface area (Å²) in [5, 5.41) is 16.1. The number of hydrogen-bond acceptors (Lipinski definition) is 9. The van der Waals surface area contributed by atoms with Crippen molar-refractivity contribution in [3.8, 4) is 5.75 Å². The van der Waals surface area contributed by atoms with E-state index in [9.17, 15) is 24.3 Å². The first-order chi connectivity index (χ1) is 19.6. The Hall–Kier alpha value is -4.31. The maximum Gasteiger partial charge on any atom is 0.414 e. The standard InChI is InChI=1S/C25H25FIN7O7/c1-14(35)29-11-16-12-34(25(39)41-16)15-2-3-21(18(26)8-15)32-4-6-33(7-5-32)23(37)13-40-24(38)17-9-19(27)20(30-31-28)10-22(17)36/h2-3,8-10,16,36H,4-7,11-13H2,1H3,(H,29,35)/t16-/m0/s1. The molecule has 3 amide bonds. The minimum atomic E-state index is -0.912. The van der Waals surface area contributed by atoms with E-state index in [2.05, 4.69) is 15.3 Å². The molecule has 0 aliphatic carbocycles. The van der Waals surface area contributed by atoms with Gasteiger partial charge in [0.25, 0.3) is 5.91 Å². The van der Waals surface area contributed by atoms with Crippen molar-refractivity contribution in [1.82, 2.24) is 10.2 Å². The van der Waals surface area contributed by atoms with Crippen LogP contribution in [0.4, 0.5) is 26.2 Å². The lowest BCUT2D eigenvalue weighted by Crippen LogP contribution is -2.50. The number of aromatic hydroxyl groups is 1. The third kappa shape index (κ3) is 7.07. The summed E-state index contributed by atoms with van der Waals surface area (Å²) < 4.78 is 25.8. The number of nitrogens with one attached hydrogen (secondary N) is 1.